The first-order chi connectivity index (χ1) is 17.5. The topological polar surface area (TPSA) is 87.3 Å². The highest BCUT2D eigenvalue weighted by Crippen LogP contribution is 2.36. The van der Waals surface area contributed by atoms with Crippen molar-refractivity contribution in [3.63, 3.8) is 0 Å². The second-order valence-electron chi connectivity index (χ2n) is 8.49. The summed E-state index contributed by atoms with van der Waals surface area (Å²) in [5, 5.41) is 16.1. The van der Waals surface area contributed by atoms with E-state index in [1.807, 2.05) is 36.4 Å². The van der Waals surface area contributed by atoms with Crippen molar-refractivity contribution in [1.82, 2.24) is 5.01 Å². The summed E-state index contributed by atoms with van der Waals surface area (Å²) in [5.41, 5.74) is 1.98. The van der Waals surface area contributed by atoms with Crippen molar-refractivity contribution < 1.29 is 14.3 Å². The SMILES string of the molecule is CCCCCCCC1=NN2C(=N)/C(=C/c3cc(I)c(OCc4ccccc4)c(OC)c3)C(=O)N=C2S1. The zero-order chi connectivity index (χ0) is 25.5. The maximum absolute atomic E-state index is 12.8. The molecular weight excluding hydrogens is 587 g/mol. The Balaban J connectivity index is 1.50. The zero-order valence-corrected chi connectivity index (χ0v) is 23.4. The Morgan fingerprint density at radius 3 is 2.67 bits per heavy atom. The third-order valence-corrected chi connectivity index (χ3v) is 7.55. The monoisotopic (exact) mass is 616 g/mol. The molecule has 0 saturated carbocycles. The number of carbonyl (C=O) groups is 1. The van der Waals surface area contributed by atoms with Gasteiger partial charge in [0, 0.05) is 0 Å². The Kier molecular flexibility index (Phi) is 9.19. The highest BCUT2D eigenvalue weighted by molar-refractivity contribution is 14.1. The van der Waals surface area contributed by atoms with Gasteiger partial charge in [-0.1, -0.05) is 62.9 Å². The number of methoxy groups -OCH3 is 1. The van der Waals surface area contributed by atoms with Gasteiger partial charge in [-0.05, 0) is 76.5 Å². The highest BCUT2D eigenvalue weighted by Gasteiger charge is 2.35. The lowest BCUT2D eigenvalue weighted by molar-refractivity contribution is -0.114. The van der Waals surface area contributed by atoms with E-state index < -0.39 is 5.91 Å². The molecular formula is C27H29IN4O3S. The van der Waals surface area contributed by atoms with Crippen LogP contribution in [0.2, 0.25) is 0 Å². The first-order valence-corrected chi connectivity index (χ1v) is 13.9. The Labute approximate surface area is 229 Å². The molecule has 0 bridgehead atoms. The summed E-state index contributed by atoms with van der Waals surface area (Å²) >= 11 is 3.58. The third-order valence-electron chi connectivity index (χ3n) is 5.78. The summed E-state index contributed by atoms with van der Waals surface area (Å²) in [6, 6.07) is 13.6. The average Bonchev–Trinajstić information content (AvgIpc) is 3.29. The molecule has 0 spiro atoms. The zero-order valence-electron chi connectivity index (χ0n) is 20.4. The normalized spacial score (nSPS) is 16.2. The van der Waals surface area contributed by atoms with Crippen LogP contribution in [0, 0.1) is 8.98 Å². The fourth-order valence-corrected chi connectivity index (χ4v) is 5.58. The predicted molar refractivity (Wildman–Crippen MR) is 155 cm³/mol. The van der Waals surface area contributed by atoms with E-state index in [1.54, 1.807) is 19.3 Å². The number of amides is 1. The lowest BCUT2D eigenvalue weighted by atomic mass is 10.1. The van der Waals surface area contributed by atoms with Crippen molar-refractivity contribution in [3.05, 3.63) is 62.7 Å². The number of thioether (sulfide) groups is 1. The predicted octanol–water partition coefficient (Wildman–Crippen LogP) is 6.86. The van der Waals surface area contributed by atoms with Crippen LogP contribution in [0.4, 0.5) is 0 Å². The van der Waals surface area contributed by atoms with E-state index in [1.165, 1.54) is 36.0 Å². The van der Waals surface area contributed by atoms with Crippen LogP contribution in [0.3, 0.4) is 0 Å². The summed E-state index contributed by atoms with van der Waals surface area (Å²) in [5.74, 6) is 0.802. The number of benzene rings is 2. The minimum atomic E-state index is -0.434. The number of nitrogens with one attached hydrogen (secondary N) is 1. The number of ether oxygens (including phenoxy) is 2. The van der Waals surface area contributed by atoms with E-state index in [-0.39, 0.29) is 11.4 Å². The van der Waals surface area contributed by atoms with Gasteiger partial charge < -0.3 is 9.47 Å². The van der Waals surface area contributed by atoms with Crippen molar-refractivity contribution in [2.75, 3.05) is 7.11 Å². The molecule has 9 heteroatoms. The third kappa shape index (κ3) is 6.36. The van der Waals surface area contributed by atoms with Crippen LogP contribution in [0.1, 0.15) is 56.6 Å². The number of hydrazone groups is 1. The minimum absolute atomic E-state index is 0.0388. The minimum Gasteiger partial charge on any atom is -0.493 e. The van der Waals surface area contributed by atoms with Crippen molar-refractivity contribution in [1.29, 1.82) is 5.41 Å². The summed E-state index contributed by atoms with van der Waals surface area (Å²) in [4.78, 5) is 17.0. The fraction of sp³-hybridized carbons (Fsp3) is 0.333. The summed E-state index contributed by atoms with van der Waals surface area (Å²) in [6.45, 7) is 2.62. The second kappa shape index (κ2) is 12.5. The lowest BCUT2D eigenvalue weighted by Gasteiger charge is -2.20. The van der Waals surface area contributed by atoms with Crippen LogP contribution >= 0.6 is 34.4 Å². The van der Waals surface area contributed by atoms with Gasteiger partial charge in [0.15, 0.2) is 17.3 Å². The van der Waals surface area contributed by atoms with Gasteiger partial charge in [0.05, 0.1) is 16.3 Å². The molecule has 1 N–H and O–H groups in total. The number of halogens is 1. The Hall–Kier alpha value is -2.66. The van der Waals surface area contributed by atoms with Crippen LogP contribution in [-0.4, -0.2) is 34.1 Å². The number of hydrogen-bond donors (Lipinski definition) is 1. The highest BCUT2D eigenvalue weighted by atomic mass is 127. The first kappa shape index (κ1) is 26.4. The van der Waals surface area contributed by atoms with Crippen molar-refractivity contribution in [2.24, 2.45) is 10.1 Å². The molecule has 2 heterocycles. The van der Waals surface area contributed by atoms with Crippen LogP contribution in [0.5, 0.6) is 11.5 Å². The molecule has 0 fully saturated rings. The lowest BCUT2D eigenvalue weighted by Crippen LogP contribution is -2.35. The molecule has 0 saturated heterocycles. The number of unbranched alkanes of at least 4 members (excludes halogenated alkanes) is 4. The van der Waals surface area contributed by atoms with E-state index in [4.69, 9.17) is 14.9 Å². The number of aliphatic imine (C=N–C) groups is 1. The molecule has 0 atom stereocenters. The van der Waals surface area contributed by atoms with Gasteiger partial charge in [-0.3, -0.25) is 10.2 Å². The van der Waals surface area contributed by atoms with Crippen LogP contribution < -0.4 is 9.47 Å². The molecule has 2 aliphatic rings. The van der Waals surface area contributed by atoms with Crippen molar-refractivity contribution in [3.8, 4) is 11.5 Å². The molecule has 4 rings (SSSR count). The number of fused-ring (bicyclic) bond motifs is 1. The van der Waals surface area contributed by atoms with Gasteiger partial charge in [-0.25, -0.2) is 0 Å². The smallest absolute Gasteiger partial charge is 0.283 e. The average molecular weight is 617 g/mol. The molecule has 2 aromatic rings. The molecule has 2 aromatic carbocycles. The molecule has 36 heavy (non-hydrogen) atoms. The Morgan fingerprint density at radius 2 is 1.92 bits per heavy atom. The number of nitrogens with zero attached hydrogens (tertiary/aromatic N) is 3. The van der Waals surface area contributed by atoms with E-state index in [2.05, 4.69) is 39.6 Å². The van der Waals surface area contributed by atoms with Crippen molar-refractivity contribution in [2.45, 2.75) is 52.1 Å². The molecule has 1 amide bonds. The fourth-order valence-electron chi connectivity index (χ4n) is 3.87. The maximum Gasteiger partial charge on any atom is 0.283 e. The Morgan fingerprint density at radius 1 is 1.14 bits per heavy atom. The van der Waals surface area contributed by atoms with E-state index in [9.17, 15) is 4.79 Å². The summed E-state index contributed by atoms with van der Waals surface area (Å²) < 4.78 is 12.5. The van der Waals surface area contributed by atoms with Gasteiger partial charge in [0.25, 0.3) is 5.91 Å². The standard InChI is InChI=1S/C27H29IN4O3S/c1-3-4-5-6-10-13-23-31-32-25(29)20(26(33)30-27(32)36-23)14-19-15-21(28)24(22(16-19)34-2)35-17-18-11-8-7-9-12-18/h7-9,11-12,14-16,29H,3-6,10,13,17H2,1-2H3/b20-14-,29-25?. The molecule has 7 nitrogen and oxygen atoms in total. The van der Waals surface area contributed by atoms with Gasteiger partial charge in [0.1, 0.15) is 11.7 Å². The van der Waals surface area contributed by atoms with Crippen molar-refractivity contribution >= 4 is 62.4 Å². The summed E-state index contributed by atoms with van der Waals surface area (Å²) in [7, 11) is 1.59. The second-order valence-corrected chi connectivity index (χ2v) is 10.7. The molecule has 2 aliphatic heterocycles. The van der Waals surface area contributed by atoms with Gasteiger partial charge in [0.2, 0.25) is 5.17 Å². The molecule has 0 unspecified atom stereocenters. The number of rotatable bonds is 11. The molecule has 0 aromatic heterocycles. The van der Waals surface area contributed by atoms with Crippen LogP contribution in [0.25, 0.3) is 6.08 Å². The first-order valence-electron chi connectivity index (χ1n) is 12.0. The number of carbonyl (C=O) groups excluding carboxylic acids is 1. The van der Waals surface area contributed by atoms with Crippen LogP contribution in [-0.2, 0) is 11.4 Å². The largest absolute Gasteiger partial charge is 0.493 e. The van der Waals surface area contributed by atoms with E-state index >= 15 is 0 Å². The summed E-state index contributed by atoms with van der Waals surface area (Å²) in [6.07, 6.45) is 8.39. The maximum atomic E-state index is 12.8. The van der Waals surface area contributed by atoms with Gasteiger partial charge in [-0.2, -0.15) is 15.1 Å². The van der Waals surface area contributed by atoms with Gasteiger partial charge >= 0.3 is 0 Å². The molecule has 0 aliphatic carbocycles. The number of amidine groups is 2. The van der Waals surface area contributed by atoms with E-state index in [0.29, 0.717) is 23.3 Å². The number of hydrogen-bond acceptors (Lipinski definition) is 6. The van der Waals surface area contributed by atoms with Gasteiger partial charge in [-0.15, -0.1) is 0 Å². The quantitative estimate of drug-likeness (QED) is 0.169. The van der Waals surface area contributed by atoms with E-state index in [0.717, 1.165) is 39.0 Å². The van der Waals surface area contributed by atoms with Crippen LogP contribution in [0.15, 0.2) is 58.1 Å². The molecule has 188 valence electrons. The Bertz CT molecular complexity index is 1230. The molecule has 0 radical (unpaired) electrons.